The Hall–Kier alpha value is -2.46. The highest BCUT2D eigenvalue weighted by atomic mass is 32.2. The van der Waals surface area contributed by atoms with Crippen molar-refractivity contribution in [2.75, 3.05) is 6.54 Å². The number of hydrogen-bond donors (Lipinski definition) is 3. The largest absolute Gasteiger partial charge is 0.452 e. The molecule has 0 saturated carbocycles. The molecule has 23 heavy (non-hydrogen) atoms. The van der Waals surface area contributed by atoms with Crippen LogP contribution in [0.4, 0.5) is 4.79 Å². The van der Waals surface area contributed by atoms with Gasteiger partial charge in [0.1, 0.15) is 0 Å². The molecule has 0 radical (unpaired) electrons. The number of esters is 1. The molecule has 126 valence electrons. The highest BCUT2D eigenvalue weighted by Gasteiger charge is 2.19. The highest BCUT2D eigenvalue weighted by molar-refractivity contribution is 7.89. The normalized spacial score (nSPS) is 12.2. The molecule has 0 aliphatic rings. The van der Waals surface area contributed by atoms with Crippen LogP contribution in [0.25, 0.3) is 0 Å². The van der Waals surface area contributed by atoms with E-state index in [0.29, 0.717) is 0 Å². The summed E-state index contributed by atoms with van der Waals surface area (Å²) in [6.45, 7) is 1.06. The fourth-order valence-corrected chi connectivity index (χ4v) is 2.56. The number of hydrogen-bond acceptors (Lipinski definition) is 6. The second-order valence-electron chi connectivity index (χ2n) is 4.45. The summed E-state index contributed by atoms with van der Waals surface area (Å²) in [6, 6.07) is 6.58. The second kappa shape index (κ2) is 8.25. The average molecular weight is 343 g/mol. The molecule has 0 fully saturated rings. The van der Waals surface area contributed by atoms with Crippen LogP contribution >= 0.6 is 0 Å². The summed E-state index contributed by atoms with van der Waals surface area (Å²) < 4.78 is 30.8. The zero-order chi connectivity index (χ0) is 17.5. The summed E-state index contributed by atoms with van der Waals surface area (Å²) in [5.41, 5.74) is 4.76. The number of amides is 3. The van der Waals surface area contributed by atoms with E-state index in [9.17, 15) is 22.8 Å². The van der Waals surface area contributed by atoms with Gasteiger partial charge < -0.3 is 10.5 Å². The molecule has 1 atom stereocenters. The first-order valence-electron chi connectivity index (χ1n) is 6.57. The predicted molar refractivity (Wildman–Crippen MR) is 79.5 cm³/mol. The minimum Gasteiger partial charge on any atom is -0.452 e. The summed E-state index contributed by atoms with van der Waals surface area (Å²) in [7, 11) is -3.71. The molecule has 0 bridgehead atoms. The van der Waals surface area contributed by atoms with Crippen LogP contribution in [0.3, 0.4) is 0 Å². The Morgan fingerprint density at radius 1 is 1.22 bits per heavy atom. The number of imide groups is 1. The summed E-state index contributed by atoms with van der Waals surface area (Å²) >= 11 is 0. The van der Waals surface area contributed by atoms with Crippen molar-refractivity contribution < 1.29 is 27.5 Å². The van der Waals surface area contributed by atoms with E-state index >= 15 is 0 Å². The molecule has 4 N–H and O–H groups in total. The molecule has 0 saturated heterocycles. The van der Waals surface area contributed by atoms with Crippen molar-refractivity contribution in [1.29, 1.82) is 0 Å². The number of rotatable bonds is 7. The maximum Gasteiger partial charge on any atom is 0.318 e. The number of nitrogens with two attached hydrogens (primary N) is 1. The second-order valence-corrected chi connectivity index (χ2v) is 6.21. The summed E-state index contributed by atoms with van der Waals surface area (Å²) in [6.07, 6.45) is -1.50. The number of benzene rings is 1. The van der Waals surface area contributed by atoms with Gasteiger partial charge in [0.25, 0.3) is 5.91 Å². The van der Waals surface area contributed by atoms with Crippen LogP contribution in [0.15, 0.2) is 35.2 Å². The summed E-state index contributed by atoms with van der Waals surface area (Å²) in [4.78, 5) is 33.4. The topological polar surface area (TPSA) is 145 Å². The highest BCUT2D eigenvalue weighted by Crippen LogP contribution is 2.06. The number of urea groups is 1. The van der Waals surface area contributed by atoms with Crippen LogP contribution in [0.2, 0.25) is 0 Å². The minimum atomic E-state index is -3.71. The zero-order valence-corrected chi connectivity index (χ0v) is 13.1. The van der Waals surface area contributed by atoms with Crippen LogP contribution < -0.4 is 15.8 Å². The molecule has 0 aliphatic carbocycles. The van der Waals surface area contributed by atoms with Gasteiger partial charge in [-0.25, -0.2) is 17.9 Å². The average Bonchev–Trinajstić information content (AvgIpc) is 2.47. The Bertz CT molecular complexity index is 674. The van der Waals surface area contributed by atoms with Gasteiger partial charge in [0.15, 0.2) is 6.10 Å². The molecule has 10 heteroatoms. The van der Waals surface area contributed by atoms with E-state index in [1.807, 2.05) is 0 Å². The van der Waals surface area contributed by atoms with Crippen LogP contribution in [0, 0.1) is 0 Å². The van der Waals surface area contributed by atoms with Gasteiger partial charge in [-0.2, -0.15) is 0 Å². The Morgan fingerprint density at radius 2 is 1.83 bits per heavy atom. The first kappa shape index (κ1) is 18.6. The lowest BCUT2D eigenvalue weighted by atomic mass is 10.3. The smallest absolute Gasteiger partial charge is 0.318 e. The molecule has 0 unspecified atom stereocenters. The maximum atomic E-state index is 11.9. The van der Waals surface area contributed by atoms with Gasteiger partial charge in [-0.3, -0.25) is 14.9 Å². The van der Waals surface area contributed by atoms with Crippen molar-refractivity contribution in [3.63, 3.8) is 0 Å². The number of ether oxygens (including phenoxy) is 1. The van der Waals surface area contributed by atoms with Crippen molar-refractivity contribution in [2.45, 2.75) is 24.3 Å². The maximum absolute atomic E-state index is 11.9. The van der Waals surface area contributed by atoms with Crippen molar-refractivity contribution in [2.24, 2.45) is 5.73 Å². The fraction of sp³-hybridized carbons (Fsp3) is 0.308. The van der Waals surface area contributed by atoms with Crippen molar-refractivity contribution >= 4 is 27.9 Å². The van der Waals surface area contributed by atoms with Crippen LogP contribution in [-0.2, 0) is 24.3 Å². The fourth-order valence-electron chi connectivity index (χ4n) is 1.50. The Labute approximate surface area is 133 Å². The quantitative estimate of drug-likeness (QED) is 0.568. The molecule has 1 rings (SSSR count). The molecule has 0 aromatic heterocycles. The van der Waals surface area contributed by atoms with E-state index in [4.69, 9.17) is 10.5 Å². The molecule has 1 aromatic carbocycles. The minimum absolute atomic E-state index is 0.0718. The predicted octanol–water partition coefficient (Wildman–Crippen LogP) is -0.518. The molecule has 0 spiro atoms. The van der Waals surface area contributed by atoms with Crippen molar-refractivity contribution in [1.82, 2.24) is 10.0 Å². The lowest BCUT2D eigenvalue weighted by molar-refractivity contribution is -0.154. The Balaban J connectivity index is 2.42. The molecule has 3 amide bonds. The third-order valence-corrected chi connectivity index (χ3v) is 4.08. The van der Waals surface area contributed by atoms with E-state index in [1.54, 1.807) is 23.5 Å². The van der Waals surface area contributed by atoms with E-state index in [1.165, 1.54) is 19.1 Å². The first-order chi connectivity index (χ1) is 10.7. The van der Waals surface area contributed by atoms with Gasteiger partial charge in [0.05, 0.1) is 11.3 Å². The van der Waals surface area contributed by atoms with Crippen LogP contribution in [-0.4, -0.2) is 39.0 Å². The molecular weight excluding hydrogens is 326 g/mol. The van der Waals surface area contributed by atoms with Crippen LogP contribution in [0.5, 0.6) is 0 Å². The van der Waals surface area contributed by atoms with E-state index in [2.05, 4.69) is 4.72 Å². The zero-order valence-electron chi connectivity index (χ0n) is 12.3. The van der Waals surface area contributed by atoms with E-state index < -0.39 is 34.0 Å². The van der Waals surface area contributed by atoms with Crippen molar-refractivity contribution in [3.05, 3.63) is 30.3 Å². The molecular formula is C13H17N3O6S. The van der Waals surface area contributed by atoms with Gasteiger partial charge in [0, 0.05) is 6.54 Å². The molecule has 0 aliphatic heterocycles. The molecule has 9 nitrogen and oxygen atoms in total. The van der Waals surface area contributed by atoms with Gasteiger partial charge in [-0.15, -0.1) is 0 Å². The summed E-state index contributed by atoms with van der Waals surface area (Å²) in [5.74, 6) is -1.66. The number of nitrogens with one attached hydrogen (secondary N) is 2. The third-order valence-electron chi connectivity index (χ3n) is 2.60. The van der Waals surface area contributed by atoms with Gasteiger partial charge >= 0.3 is 12.0 Å². The third kappa shape index (κ3) is 6.45. The number of carbonyl (C=O) groups is 3. The monoisotopic (exact) mass is 343 g/mol. The Kier molecular flexibility index (Phi) is 6.66. The Morgan fingerprint density at radius 3 is 2.39 bits per heavy atom. The molecule has 1 aromatic rings. The number of primary amides is 1. The van der Waals surface area contributed by atoms with Gasteiger partial charge in [-0.05, 0) is 19.1 Å². The standard InChI is InChI=1S/C13H17N3O6S/c1-9(12(18)16-13(14)19)22-11(17)7-8-15-23(20,21)10-5-3-2-4-6-10/h2-6,9,15H,7-8H2,1H3,(H3,14,16,18,19)/t9-/m1/s1. The lowest BCUT2D eigenvalue weighted by Gasteiger charge is -2.12. The van der Waals surface area contributed by atoms with E-state index in [-0.39, 0.29) is 17.9 Å². The first-order valence-corrected chi connectivity index (χ1v) is 8.05. The van der Waals surface area contributed by atoms with Gasteiger partial charge in [-0.1, -0.05) is 18.2 Å². The van der Waals surface area contributed by atoms with Crippen LogP contribution in [0.1, 0.15) is 13.3 Å². The number of sulfonamides is 1. The van der Waals surface area contributed by atoms with Crippen molar-refractivity contribution in [3.8, 4) is 0 Å². The van der Waals surface area contributed by atoms with Gasteiger partial charge in [0.2, 0.25) is 10.0 Å². The lowest BCUT2D eigenvalue weighted by Crippen LogP contribution is -2.42. The molecule has 0 heterocycles. The van der Waals surface area contributed by atoms with E-state index in [0.717, 1.165) is 0 Å². The summed E-state index contributed by atoms with van der Waals surface area (Å²) in [5, 5.41) is 1.76. The number of carbonyl (C=O) groups excluding carboxylic acids is 3. The SMILES string of the molecule is C[C@@H](OC(=O)CCNS(=O)(=O)c1ccccc1)C(=O)NC(N)=O.